The maximum Gasteiger partial charge on any atom is 0.227 e. The number of amides is 1. The molecule has 1 atom stereocenters. The SMILES string of the molecule is O=C(Cc1cccc(Br)c1)N1CCC2(CCNC2)C1. The molecule has 3 nitrogen and oxygen atoms in total. The molecule has 1 aromatic rings. The fourth-order valence-corrected chi connectivity index (χ4v) is 3.67. The third-order valence-electron chi connectivity index (χ3n) is 4.37. The summed E-state index contributed by atoms with van der Waals surface area (Å²) < 4.78 is 1.04. The van der Waals surface area contributed by atoms with Crippen LogP contribution in [0.4, 0.5) is 0 Å². The Morgan fingerprint density at radius 1 is 1.42 bits per heavy atom. The zero-order chi connectivity index (χ0) is 13.3. The van der Waals surface area contributed by atoms with Gasteiger partial charge in [0.15, 0.2) is 0 Å². The quantitative estimate of drug-likeness (QED) is 0.905. The van der Waals surface area contributed by atoms with Gasteiger partial charge in [0.2, 0.25) is 5.91 Å². The largest absolute Gasteiger partial charge is 0.342 e. The molecule has 3 rings (SSSR count). The average Bonchev–Trinajstić information content (AvgIpc) is 3.00. The Labute approximate surface area is 122 Å². The van der Waals surface area contributed by atoms with Crippen molar-refractivity contribution in [3.8, 4) is 0 Å². The second-order valence-electron chi connectivity index (χ2n) is 5.80. The van der Waals surface area contributed by atoms with E-state index in [0.717, 1.165) is 42.6 Å². The van der Waals surface area contributed by atoms with Crippen LogP contribution in [0.5, 0.6) is 0 Å². The number of nitrogens with zero attached hydrogens (tertiary/aromatic N) is 1. The van der Waals surface area contributed by atoms with Crippen molar-refractivity contribution in [2.75, 3.05) is 26.2 Å². The molecule has 2 heterocycles. The van der Waals surface area contributed by atoms with Crippen LogP contribution in [0.3, 0.4) is 0 Å². The fraction of sp³-hybridized carbons (Fsp3) is 0.533. The average molecular weight is 323 g/mol. The van der Waals surface area contributed by atoms with Crippen LogP contribution in [0.25, 0.3) is 0 Å². The lowest BCUT2D eigenvalue weighted by atomic mass is 9.86. The van der Waals surface area contributed by atoms with E-state index < -0.39 is 0 Å². The Kier molecular flexibility index (Phi) is 3.63. The summed E-state index contributed by atoms with van der Waals surface area (Å²) >= 11 is 3.45. The number of hydrogen-bond donors (Lipinski definition) is 1. The molecule has 2 aliphatic rings. The van der Waals surface area contributed by atoms with E-state index in [1.165, 1.54) is 6.42 Å². The highest BCUT2D eigenvalue weighted by Crippen LogP contribution is 2.36. The summed E-state index contributed by atoms with van der Waals surface area (Å²) in [4.78, 5) is 14.4. The van der Waals surface area contributed by atoms with Crippen molar-refractivity contribution in [1.82, 2.24) is 10.2 Å². The standard InChI is InChI=1S/C15H19BrN2O/c16-13-3-1-2-12(8-13)9-14(19)18-7-5-15(11-18)4-6-17-10-15/h1-3,8,17H,4-7,9-11H2. The summed E-state index contributed by atoms with van der Waals surface area (Å²) in [6, 6.07) is 8.02. The van der Waals surface area contributed by atoms with E-state index in [-0.39, 0.29) is 5.91 Å². The number of hydrogen-bond acceptors (Lipinski definition) is 2. The van der Waals surface area contributed by atoms with Crippen molar-refractivity contribution in [3.05, 3.63) is 34.3 Å². The molecule has 0 aliphatic carbocycles. The van der Waals surface area contributed by atoms with Crippen molar-refractivity contribution in [2.45, 2.75) is 19.3 Å². The van der Waals surface area contributed by atoms with Gasteiger partial charge in [-0.15, -0.1) is 0 Å². The number of likely N-dealkylation sites (tertiary alicyclic amines) is 1. The molecule has 1 spiro atoms. The number of carbonyl (C=O) groups excluding carboxylic acids is 1. The summed E-state index contributed by atoms with van der Waals surface area (Å²) in [6.07, 6.45) is 2.89. The first-order chi connectivity index (χ1) is 9.17. The molecule has 0 aromatic heterocycles. The second-order valence-corrected chi connectivity index (χ2v) is 6.71. The Balaban J connectivity index is 1.62. The molecule has 1 N–H and O–H groups in total. The summed E-state index contributed by atoms with van der Waals surface area (Å²) in [7, 11) is 0. The van der Waals surface area contributed by atoms with E-state index in [1.807, 2.05) is 29.2 Å². The minimum absolute atomic E-state index is 0.266. The molecule has 2 aliphatic heterocycles. The first-order valence-corrected chi connectivity index (χ1v) is 7.69. The third kappa shape index (κ3) is 2.84. The van der Waals surface area contributed by atoms with E-state index in [1.54, 1.807) is 0 Å². The number of rotatable bonds is 2. The maximum atomic E-state index is 12.4. The lowest BCUT2D eigenvalue weighted by Crippen LogP contribution is -2.34. The summed E-state index contributed by atoms with van der Waals surface area (Å²) in [5.74, 6) is 0.266. The molecule has 4 heteroatoms. The lowest BCUT2D eigenvalue weighted by Gasteiger charge is -2.22. The Bertz CT molecular complexity index is 483. The van der Waals surface area contributed by atoms with Crippen LogP contribution in [0, 0.1) is 5.41 Å². The molecule has 2 saturated heterocycles. The molecule has 1 aromatic carbocycles. The van der Waals surface area contributed by atoms with Gasteiger partial charge in [-0.25, -0.2) is 0 Å². The smallest absolute Gasteiger partial charge is 0.227 e. The van der Waals surface area contributed by atoms with Gasteiger partial charge in [-0.3, -0.25) is 4.79 Å². The Morgan fingerprint density at radius 3 is 3.05 bits per heavy atom. The molecule has 102 valence electrons. The summed E-state index contributed by atoms with van der Waals surface area (Å²) in [5.41, 5.74) is 1.46. The highest BCUT2D eigenvalue weighted by molar-refractivity contribution is 9.10. The monoisotopic (exact) mass is 322 g/mol. The van der Waals surface area contributed by atoms with Gasteiger partial charge < -0.3 is 10.2 Å². The van der Waals surface area contributed by atoms with Crippen LogP contribution in [0.15, 0.2) is 28.7 Å². The van der Waals surface area contributed by atoms with Gasteiger partial charge in [-0.2, -0.15) is 0 Å². The van der Waals surface area contributed by atoms with E-state index in [0.29, 0.717) is 11.8 Å². The molecule has 1 unspecified atom stereocenters. The predicted molar refractivity (Wildman–Crippen MR) is 79.0 cm³/mol. The van der Waals surface area contributed by atoms with Gasteiger partial charge in [0, 0.05) is 29.5 Å². The first-order valence-electron chi connectivity index (χ1n) is 6.90. The highest BCUT2D eigenvalue weighted by Gasteiger charge is 2.41. The maximum absolute atomic E-state index is 12.4. The van der Waals surface area contributed by atoms with Crippen molar-refractivity contribution in [2.24, 2.45) is 5.41 Å². The molecule has 0 radical (unpaired) electrons. The van der Waals surface area contributed by atoms with Crippen molar-refractivity contribution >= 4 is 21.8 Å². The molecule has 1 amide bonds. The molecular weight excluding hydrogens is 304 g/mol. The van der Waals surface area contributed by atoms with Crippen LogP contribution >= 0.6 is 15.9 Å². The number of halogens is 1. The predicted octanol–water partition coefficient (Wildman–Crippen LogP) is 2.20. The zero-order valence-corrected chi connectivity index (χ0v) is 12.6. The van der Waals surface area contributed by atoms with Crippen molar-refractivity contribution < 1.29 is 4.79 Å². The number of nitrogens with one attached hydrogen (secondary N) is 1. The van der Waals surface area contributed by atoms with E-state index >= 15 is 0 Å². The number of carbonyl (C=O) groups is 1. The highest BCUT2D eigenvalue weighted by atomic mass is 79.9. The normalized spacial score (nSPS) is 26.3. The van der Waals surface area contributed by atoms with Crippen LogP contribution < -0.4 is 5.32 Å². The Hall–Kier alpha value is -0.870. The minimum Gasteiger partial charge on any atom is -0.342 e. The first kappa shape index (κ1) is 13.1. The minimum atomic E-state index is 0.266. The van der Waals surface area contributed by atoms with Gasteiger partial charge in [0.05, 0.1) is 6.42 Å². The van der Waals surface area contributed by atoms with Crippen molar-refractivity contribution in [3.63, 3.8) is 0 Å². The van der Waals surface area contributed by atoms with Gasteiger partial charge in [-0.1, -0.05) is 28.1 Å². The van der Waals surface area contributed by atoms with E-state index in [4.69, 9.17) is 0 Å². The van der Waals surface area contributed by atoms with E-state index in [2.05, 4.69) is 21.2 Å². The molecule has 0 bridgehead atoms. The lowest BCUT2D eigenvalue weighted by molar-refractivity contribution is -0.129. The number of benzene rings is 1. The van der Waals surface area contributed by atoms with Crippen LogP contribution in [-0.4, -0.2) is 37.0 Å². The van der Waals surface area contributed by atoms with Gasteiger partial charge >= 0.3 is 0 Å². The second kappa shape index (κ2) is 5.25. The molecule has 0 saturated carbocycles. The summed E-state index contributed by atoms with van der Waals surface area (Å²) in [6.45, 7) is 4.04. The Morgan fingerprint density at radius 2 is 2.32 bits per heavy atom. The van der Waals surface area contributed by atoms with Gasteiger partial charge in [0.1, 0.15) is 0 Å². The molecule has 2 fully saturated rings. The van der Waals surface area contributed by atoms with E-state index in [9.17, 15) is 4.79 Å². The molecule has 19 heavy (non-hydrogen) atoms. The van der Waals surface area contributed by atoms with Gasteiger partial charge in [-0.05, 0) is 37.1 Å². The van der Waals surface area contributed by atoms with Crippen LogP contribution in [0.1, 0.15) is 18.4 Å². The van der Waals surface area contributed by atoms with Crippen LogP contribution in [-0.2, 0) is 11.2 Å². The van der Waals surface area contributed by atoms with Crippen LogP contribution in [0.2, 0.25) is 0 Å². The zero-order valence-electron chi connectivity index (χ0n) is 11.0. The summed E-state index contributed by atoms with van der Waals surface area (Å²) in [5, 5.41) is 3.43. The molecular formula is C15H19BrN2O. The fourth-order valence-electron chi connectivity index (χ4n) is 3.23. The third-order valence-corrected chi connectivity index (χ3v) is 4.86. The van der Waals surface area contributed by atoms with Gasteiger partial charge in [0.25, 0.3) is 0 Å². The topological polar surface area (TPSA) is 32.3 Å². The van der Waals surface area contributed by atoms with Crippen molar-refractivity contribution in [1.29, 1.82) is 0 Å².